The summed E-state index contributed by atoms with van der Waals surface area (Å²) in [5.41, 5.74) is 0.121. The van der Waals surface area contributed by atoms with Gasteiger partial charge in [0, 0.05) is 49.7 Å². The molecule has 2 amide bonds. The highest BCUT2D eigenvalue weighted by Gasteiger charge is 2.45. The minimum absolute atomic E-state index is 0.228. The Kier molecular flexibility index (Phi) is 6.40. The molecule has 1 unspecified atom stereocenters. The maximum absolute atomic E-state index is 15.5. The van der Waals surface area contributed by atoms with Crippen molar-refractivity contribution in [1.82, 2.24) is 19.7 Å². The van der Waals surface area contributed by atoms with Gasteiger partial charge in [0.05, 0.1) is 0 Å². The van der Waals surface area contributed by atoms with E-state index in [1.54, 1.807) is 25.3 Å². The Bertz CT molecular complexity index is 984. The highest BCUT2D eigenvalue weighted by atomic mass is 32.2. The van der Waals surface area contributed by atoms with Crippen LogP contribution in [0.5, 0.6) is 0 Å². The summed E-state index contributed by atoms with van der Waals surface area (Å²) in [6.07, 6.45) is -2.68. The summed E-state index contributed by atoms with van der Waals surface area (Å²) in [4.78, 5) is 18.0. The van der Waals surface area contributed by atoms with Crippen LogP contribution in [-0.2, 0) is 24.0 Å². The molecule has 12 heteroatoms. The number of alkyl halides is 4. The maximum atomic E-state index is 15.5. The second kappa shape index (κ2) is 8.56. The van der Waals surface area contributed by atoms with Gasteiger partial charge in [0.25, 0.3) is 0 Å². The van der Waals surface area contributed by atoms with Crippen LogP contribution in [0, 0.1) is 12.8 Å². The molecule has 1 fully saturated rings. The molecule has 1 N–H and O–H groups in total. The van der Waals surface area contributed by atoms with Crippen LogP contribution in [0.15, 0.2) is 29.4 Å². The first kappa shape index (κ1) is 23.2. The second-order valence-electron chi connectivity index (χ2n) is 7.62. The molecule has 2 atom stereocenters. The van der Waals surface area contributed by atoms with Gasteiger partial charge in [0.2, 0.25) is 0 Å². The van der Waals surface area contributed by atoms with Crippen LogP contribution in [0.25, 0.3) is 0 Å². The summed E-state index contributed by atoms with van der Waals surface area (Å²) in [5.74, 6) is -0.690. The summed E-state index contributed by atoms with van der Waals surface area (Å²) in [6.45, 7) is 3.39. The molecule has 2 aromatic heterocycles. The maximum Gasteiger partial charge on any atom is 0.435 e. The lowest BCUT2D eigenvalue weighted by molar-refractivity contribution is -0.141. The predicted molar refractivity (Wildman–Crippen MR) is 106 cm³/mol. The van der Waals surface area contributed by atoms with Crippen molar-refractivity contribution in [3.63, 3.8) is 0 Å². The number of piperidine rings is 1. The number of urea groups is 1. The zero-order valence-electron chi connectivity index (χ0n) is 17.2. The van der Waals surface area contributed by atoms with Crippen LogP contribution < -0.4 is 5.32 Å². The zero-order chi connectivity index (χ0) is 23.0. The van der Waals surface area contributed by atoms with Crippen LogP contribution >= 0.6 is 0 Å². The van der Waals surface area contributed by atoms with E-state index >= 15 is 4.39 Å². The molecule has 0 aromatic carbocycles. The van der Waals surface area contributed by atoms with Crippen molar-refractivity contribution in [2.45, 2.75) is 42.9 Å². The van der Waals surface area contributed by atoms with E-state index in [1.807, 2.05) is 0 Å². The van der Waals surface area contributed by atoms with Gasteiger partial charge in [0.1, 0.15) is 15.8 Å². The van der Waals surface area contributed by atoms with E-state index < -0.39 is 33.6 Å². The zero-order valence-corrected chi connectivity index (χ0v) is 18.1. The summed E-state index contributed by atoms with van der Waals surface area (Å²) in [7, 11) is -1.16. The lowest BCUT2D eigenvalue weighted by atomic mass is 9.92. The Hall–Kier alpha value is -2.50. The third-order valence-corrected chi connectivity index (χ3v) is 7.16. The van der Waals surface area contributed by atoms with Crippen LogP contribution in [0.1, 0.15) is 31.2 Å². The van der Waals surface area contributed by atoms with Crippen molar-refractivity contribution < 1.29 is 26.6 Å². The SMILES string of the molecule is Cc1cc(NC(=O)N2CCC([C@](C)(F)S(=O)c3cc(C(F)(F)F)nn3C)CC2)ccn1. The van der Waals surface area contributed by atoms with Gasteiger partial charge in [-0.1, -0.05) is 0 Å². The van der Waals surface area contributed by atoms with Crippen molar-refractivity contribution in [3.8, 4) is 0 Å². The second-order valence-corrected chi connectivity index (χ2v) is 9.38. The molecule has 0 saturated carbocycles. The number of hydrogen-bond donors (Lipinski definition) is 1. The van der Waals surface area contributed by atoms with Gasteiger partial charge in [-0.05, 0) is 38.8 Å². The third-order valence-electron chi connectivity index (χ3n) is 5.34. The van der Waals surface area contributed by atoms with E-state index in [2.05, 4.69) is 15.4 Å². The van der Waals surface area contributed by atoms with E-state index in [4.69, 9.17) is 0 Å². The average Bonchev–Trinajstić information content (AvgIpc) is 3.09. The molecule has 0 bridgehead atoms. The van der Waals surface area contributed by atoms with E-state index in [9.17, 15) is 22.2 Å². The largest absolute Gasteiger partial charge is 0.435 e. The van der Waals surface area contributed by atoms with Crippen molar-refractivity contribution >= 4 is 22.5 Å². The summed E-state index contributed by atoms with van der Waals surface area (Å²) >= 11 is 0. The highest BCUT2D eigenvalue weighted by molar-refractivity contribution is 7.86. The molecule has 0 radical (unpaired) electrons. The smallest absolute Gasteiger partial charge is 0.325 e. The van der Waals surface area contributed by atoms with Gasteiger partial charge in [-0.25, -0.2) is 13.4 Å². The quantitative estimate of drug-likeness (QED) is 0.701. The first-order valence-corrected chi connectivity index (χ1v) is 10.7. The fourth-order valence-corrected chi connectivity index (χ4v) is 4.99. The number of likely N-dealkylation sites (tertiary alicyclic amines) is 1. The molecule has 0 spiro atoms. The molecule has 3 rings (SSSR count). The number of pyridine rings is 1. The van der Waals surface area contributed by atoms with Gasteiger partial charge in [0.15, 0.2) is 10.7 Å². The topological polar surface area (TPSA) is 80.1 Å². The number of nitrogens with zero attached hydrogens (tertiary/aromatic N) is 4. The number of hydrogen-bond acceptors (Lipinski definition) is 4. The molecule has 0 aliphatic carbocycles. The van der Waals surface area contributed by atoms with Gasteiger partial charge in [-0.15, -0.1) is 0 Å². The molecular weight excluding hydrogens is 438 g/mol. The standard InChI is InChI=1S/C19H23F4N5O2S/c1-12-10-14(4-7-24-12)25-17(29)28-8-5-13(6-9-28)18(2,20)31(30)16-11-15(19(21,22)23)26-27(16)3/h4,7,10-11,13H,5-6,8-9H2,1-3H3,(H,24,25,29)/t18-,31?/m1/s1. The number of halogens is 4. The van der Waals surface area contributed by atoms with E-state index in [-0.39, 0.29) is 37.0 Å². The van der Waals surface area contributed by atoms with Crippen LogP contribution in [0.3, 0.4) is 0 Å². The third kappa shape index (κ3) is 5.05. The Labute approximate surface area is 179 Å². The lowest BCUT2D eigenvalue weighted by Gasteiger charge is -2.37. The van der Waals surface area contributed by atoms with E-state index in [1.165, 1.54) is 11.9 Å². The van der Waals surface area contributed by atoms with Crippen LogP contribution in [0.4, 0.5) is 28.0 Å². The molecular formula is C19H23F4N5O2S. The Morgan fingerprint density at radius 3 is 2.42 bits per heavy atom. The van der Waals surface area contributed by atoms with Crippen molar-refractivity contribution in [2.24, 2.45) is 13.0 Å². The van der Waals surface area contributed by atoms with Crippen LogP contribution in [0.2, 0.25) is 0 Å². The van der Waals surface area contributed by atoms with Crippen molar-refractivity contribution in [1.29, 1.82) is 0 Å². The summed E-state index contributed by atoms with van der Waals surface area (Å²) in [6, 6.07) is 3.65. The van der Waals surface area contributed by atoms with Gasteiger partial charge >= 0.3 is 12.2 Å². The lowest BCUT2D eigenvalue weighted by Crippen LogP contribution is -2.46. The number of amides is 2. The van der Waals surface area contributed by atoms with Crippen molar-refractivity contribution in [2.75, 3.05) is 18.4 Å². The van der Waals surface area contributed by atoms with E-state index in [0.29, 0.717) is 11.8 Å². The number of rotatable bonds is 4. The number of aromatic nitrogens is 3. The normalized spacial score (nSPS) is 18.5. The minimum Gasteiger partial charge on any atom is -0.325 e. The minimum atomic E-state index is -4.71. The fraction of sp³-hybridized carbons (Fsp3) is 0.526. The Morgan fingerprint density at radius 1 is 1.23 bits per heavy atom. The fourth-order valence-electron chi connectivity index (χ4n) is 3.54. The molecule has 170 valence electrons. The molecule has 3 heterocycles. The monoisotopic (exact) mass is 461 g/mol. The number of aryl methyl sites for hydroxylation is 2. The molecule has 1 aliphatic heterocycles. The average molecular weight is 461 g/mol. The highest BCUT2D eigenvalue weighted by Crippen LogP contribution is 2.38. The van der Waals surface area contributed by atoms with Gasteiger partial charge in [-0.2, -0.15) is 18.3 Å². The number of anilines is 1. The molecule has 2 aromatic rings. The predicted octanol–water partition coefficient (Wildman–Crippen LogP) is 3.88. The molecule has 1 aliphatic rings. The number of nitrogens with one attached hydrogen (secondary N) is 1. The van der Waals surface area contributed by atoms with E-state index in [0.717, 1.165) is 17.3 Å². The van der Waals surface area contributed by atoms with Gasteiger partial charge < -0.3 is 10.2 Å². The first-order valence-electron chi connectivity index (χ1n) is 9.60. The van der Waals surface area contributed by atoms with Crippen LogP contribution in [-0.4, -0.2) is 48.0 Å². The Morgan fingerprint density at radius 2 is 1.87 bits per heavy atom. The number of carbonyl (C=O) groups excluding carboxylic acids is 1. The van der Waals surface area contributed by atoms with Crippen molar-refractivity contribution in [3.05, 3.63) is 35.8 Å². The first-order chi connectivity index (χ1) is 14.4. The molecule has 7 nitrogen and oxygen atoms in total. The summed E-state index contributed by atoms with van der Waals surface area (Å²) < 4.78 is 67.8. The summed E-state index contributed by atoms with van der Waals surface area (Å²) in [5, 5.41) is 3.46. The Balaban J connectivity index is 1.64. The molecule has 1 saturated heterocycles. The number of carbonyl (C=O) groups is 1. The molecule has 31 heavy (non-hydrogen) atoms. The van der Waals surface area contributed by atoms with Gasteiger partial charge in [-0.3, -0.25) is 9.67 Å².